The summed E-state index contributed by atoms with van der Waals surface area (Å²) in [6.45, 7) is 0. The number of Topliss-reactive ketones (excluding diaryl/α,β-unsaturated/α-hetero) is 1. The van der Waals surface area contributed by atoms with Crippen molar-refractivity contribution in [2.24, 2.45) is 0 Å². The minimum atomic E-state index is -1.83. The van der Waals surface area contributed by atoms with Gasteiger partial charge in [-0.15, -0.1) is 0 Å². The number of hydrogen-bond donors (Lipinski definition) is 0. The molecule has 0 N–H and O–H groups in total. The number of nitro groups is 1. The first kappa shape index (κ1) is 10.4. The number of hydrogen-bond acceptors (Lipinski definition) is 3. The van der Waals surface area contributed by atoms with Gasteiger partial charge in [-0.3, -0.25) is 14.9 Å². The van der Waals surface area contributed by atoms with Crippen molar-refractivity contribution in [2.75, 3.05) is 0 Å². The average molecular weight is 206 g/mol. The lowest BCUT2D eigenvalue weighted by molar-refractivity contribution is -0.527. The van der Waals surface area contributed by atoms with Crippen molar-refractivity contribution in [3.8, 4) is 0 Å². The van der Waals surface area contributed by atoms with Crippen molar-refractivity contribution in [1.82, 2.24) is 0 Å². The predicted octanol–water partition coefficient (Wildman–Crippen LogP) is 2.12. The highest BCUT2D eigenvalue weighted by molar-refractivity contribution is 6.33. The van der Waals surface area contributed by atoms with Crippen LogP contribution in [0.1, 0.15) is 38.5 Å². The van der Waals surface area contributed by atoms with E-state index < -0.39 is 15.7 Å². The fourth-order valence-electron chi connectivity index (χ4n) is 1.52. The van der Waals surface area contributed by atoms with E-state index in [1.54, 1.807) is 0 Å². The van der Waals surface area contributed by atoms with Crippen molar-refractivity contribution in [2.45, 2.75) is 43.5 Å². The van der Waals surface area contributed by atoms with E-state index in [9.17, 15) is 14.9 Å². The maximum Gasteiger partial charge on any atom is 0.352 e. The lowest BCUT2D eigenvalue weighted by atomic mass is 9.95. The molecule has 0 aromatic carbocycles. The summed E-state index contributed by atoms with van der Waals surface area (Å²) in [6, 6.07) is 0. The summed E-state index contributed by atoms with van der Waals surface area (Å²) in [6.07, 6.45) is 3.69. The quantitative estimate of drug-likeness (QED) is 0.285. The normalized spacial score (nSPS) is 30.7. The first-order chi connectivity index (χ1) is 6.07. The Morgan fingerprint density at radius 1 is 1.31 bits per heavy atom. The molecule has 0 amide bonds. The van der Waals surface area contributed by atoms with Crippen molar-refractivity contribution < 1.29 is 9.72 Å². The Hall–Kier alpha value is -0.640. The number of alkyl halides is 1. The third-order valence-corrected chi connectivity index (χ3v) is 2.92. The highest BCUT2D eigenvalue weighted by Gasteiger charge is 2.47. The Labute approximate surface area is 81.4 Å². The van der Waals surface area contributed by atoms with Crippen LogP contribution >= 0.6 is 11.6 Å². The topological polar surface area (TPSA) is 60.2 Å². The minimum Gasteiger partial charge on any atom is -0.290 e. The van der Waals surface area contributed by atoms with Crippen LogP contribution in [-0.2, 0) is 4.79 Å². The summed E-state index contributed by atoms with van der Waals surface area (Å²) in [5, 5.41) is 10.6. The fourth-order valence-corrected chi connectivity index (χ4v) is 1.75. The molecule has 1 aliphatic rings. The maximum absolute atomic E-state index is 11.4. The molecule has 4 nitrogen and oxygen atoms in total. The van der Waals surface area contributed by atoms with Crippen LogP contribution in [0.2, 0.25) is 0 Å². The van der Waals surface area contributed by atoms with Crippen molar-refractivity contribution in [3.63, 3.8) is 0 Å². The van der Waals surface area contributed by atoms with Gasteiger partial charge in [-0.25, -0.2) is 0 Å². The van der Waals surface area contributed by atoms with Gasteiger partial charge in [0.05, 0.1) is 4.92 Å². The van der Waals surface area contributed by atoms with Gasteiger partial charge in [0.2, 0.25) is 5.78 Å². The summed E-state index contributed by atoms with van der Waals surface area (Å²) in [4.78, 5) is 19.5. The summed E-state index contributed by atoms with van der Waals surface area (Å²) in [5.74, 6) is -0.432. The highest BCUT2D eigenvalue weighted by atomic mass is 35.5. The molecule has 13 heavy (non-hydrogen) atoms. The first-order valence-electron chi connectivity index (χ1n) is 4.44. The van der Waals surface area contributed by atoms with Crippen LogP contribution in [0.3, 0.4) is 0 Å². The molecular weight excluding hydrogens is 194 g/mol. The minimum absolute atomic E-state index is 0.167. The predicted molar refractivity (Wildman–Crippen MR) is 48.3 cm³/mol. The number of carbonyl (C=O) groups excluding carboxylic acids is 1. The summed E-state index contributed by atoms with van der Waals surface area (Å²) in [7, 11) is 0. The molecule has 0 aromatic heterocycles. The molecule has 5 heteroatoms. The Morgan fingerprint density at radius 3 is 2.54 bits per heavy atom. The zero-order chi connectivity index (χ0) is 9.90. The lowest BCUT2D eigenvalue weighted by Crippen LogP contribution is -2.41. The molecule has 74 valence electrons. The van der Waals surface area contributed by atoms with Crippen LogP contribution in [0.5, 0.6) is 0 Å². The SMILES string of the molecule is O=C1CCCCCCC1(Cl)[N+](=O)[O-]. The molecule has 1 fully saturated rings. The van der Waals surface area contributed by atoms with Crippen molar-refractivity contribution in [1.29, 1.82) is 0 Å². The zero-order valence-corrected chi connectivity index (χ0v) is 8.05. The third kappa shape index (κ3) is 2.18. The standard InChI is InChI=1S/C8H12ClNO3/c9-8(10(12)13)6-4-2-1-3-5-7(8)11/h1-6H2. The van der Waals surface area contributed by atoms with Gasteiger partial charge >= 0.3 is 5.00 Å². The number of carbonyl (C=O) groups is 1. The van der Waals surface area contributed by atoms with Crippen LogP contribution in [0.15, 0.2) is 0 Å². The molecule has 0 radical (unpaired) electrons. The van der Waals surface area contributed by atoms with Crippen LogP contribution in [0.4, 0.5) is 0 Å². The van der Waals surface area contributed by atoms with E-state index in [0.717, 1.165) is 19.3 Å². The monoisotopic (exact) mass is 205 g/mol. The van der Waals surface area contributed by atoms with E-state index in [-0.39, 0.29) is 12.8 Å². The molecule has 1 saturated carbocycles. The van der Waals surface area contributed by atoms with Gasteiger partial charge in [0.15, 0.2) is 0 Å². The molecule has 1 atom stereocenters. The Morgan fingerprint density at radius 2 is 1.92 bits per heavy atom. The second-order valence-electron chi connectivity index (χ2n) is 3.35. The molecule has 0 aliphatic heterocycles. The van der Waals surface area contributed by atoms with E-state index >= 15 is 0 Å². The molecule has 0 saturated heterocycles. The Bertz CT molecular complexity index is 231. The van der Waals surface area contributed by atoms with Gasteiger partial charge in [0.25, 0.3) is 0 Å². The van der Waals surface area contributed by atoms with Gasteiger partial charge in [-0.2, -0.15) is 0 Å². The van der Waals surface area contributed by atoms with Crippen LogP contribution in [-0.4, -0.2) is 15.7 Å². The number of halogens is 1. The second kappa shape index (κ2) is 4.05. The van der Waals surface area contributed by atoms with Gasteiger partial charge in [-0.05, 0) is 24.4 Å². The highest BCUT2D eigenvalue weighted by Crippen LogP contribution is 2.29. The number of nitrogens with zero attached hydrogens (tertiary/aromatic N) is 1. The molecule has 1 aliphatic carbocycles. The number of ketones is 1. The van der Waals surface area contributed by atoms with E-state index in [4.69, 9.17) is 11.6 Å². The zero-order valence-electron chi connectivity index (χ0n) is 7.29. The third-order valence-electron chi connectivity index (χ3n) is 2.38. The van der Waals surface area contributed by atoms with Crippen molar-refractivity contribution in [3.05, 3.63) is 10.1 Å². The molecule has 1 rings (SSSR count). The van der Waals surface area contributed by atoms with Crippen LogP contribution < -0.4 is 0 Å². The Balaban J connectivity index is 2.77. The summed E-state index contributed by atoms with van der Waals surface area (Å²) >= 11 is 5.69. The van der Waals surface area contributed by atoms with E-state index in [2.05, 4.69) is 0 Å². The second-order valence-corrected chi connectivity index (χ2v) is 3.98. The molecular formula is C8H12ClNO3. The van der Waals surface area contributed by atoms with Crippen LogP contribution in [0.25, 0.3) is 0 Å². The van der Waals surface area contributed by atoms with Crippen molar-refractivity contribution >= 4 is 17.4 Å². The molecule has 0 spiro atoms. The molecule has 0 aromatic rings. The fraction of sp³-hybridized carbons (Fsp3) is 0.875. The van der Waals surface area contributed by atoms with Gasteiger partial charge < -0.3 is 0 Å². The average Bonchev–Trinajstić information content (AvgIpc) is 2.07. The lowest BCUT2D eigenvalue weighted by Gasteiger charge is -2.19. The van der Waals surface area contributed by atoms with E-state index in [1.807, 2.05) is 0 Å². The summed E-state index contributed by atoms with van der Waals surface area (Å²) in [5.41, 5.74) is 0. The maximum atomic E-state index is 11.4. The number of rotatable bonds is 1. The van der Waals surface area contributed by atoms with Gasteiger partial charge in [0, 0.05) is 12.8 Å². The van der Waals surface area contributed by atoms with E-state index in [1.165, 1.54) is 0 Å². The van der Waals surface area contributed by atoms with Gasteiger partial charge in [-0.1, -0.05) is 12.8 Å². The smallest absolute Gasteiger partial charge is 0.290 e. The molecule has 0 heterocycles. The first-order valence-corrected chi connectivity index (χ1v) is 4.82. The Kier molecular flexibility index (Phi) is 3.25. The van der Waals surface area contributed by atoms with E-state index in [0.29, 0.717) is 6.42 Å². The summed E-state index contributed by atoms with van der Waals surface area (Å²) < 4.78 is 0. The largest absolute Gasteiger partial charge is 0.352 e. The van der Waals surface area contributed by atoms with Gasteiger partial charge in [0.1, 0.15) is 0 Å². The van der Waals surface area contributed by atoms with Crippen LogP contribution in [0, 0.1) is 10.1 Å². The molecule has 1 unspecified atom stereocenters. The molecule has 0 bridgehead atoms.